The van der Waals surface area contributed by atoms with Crippen LogP contribution in [0.3, 0.4) is 0 Å². The van der Waals surface area contributed by atoms with Gasteiger partial charge in [0.05, 0.1) is 4.90 Å². The van der Waals surface area contributed by atoms with Gasteiger partial charge in [-0.1, -0.05) is 33.6 Å². The number of rotatable bonds is 5. The normalized spacial score (nSPS) is 15.6. The number of piperazine rings is 1. The van der Waals surface area contributed by atoms with Crippen molar-refractivity contribution >= 4 is 43.5 Å². The standard InChI is InChI=1S/C18H18BrClN2O4S/c19-14-2-1-3-17(12-14)27(24,25)22-10-8-21(9-11-22)18(23)13-26-16-6-4-15(20)5-7-16/h1-7,12H,8-11,13H2. The predicted molar refractivity (Wildman–Crippen MR) is 106 cm³/mol. The fourth-order valence-electron chi connectivity index (χ4n) is 2.72. The molecule has 0 atom stereocenters. The zero-order valence-corrected chi connectivity index (χ0v) is 17.5. The third kappa shape index (κ3) is 5.01. The summed E-state index contributed by atoms with van der Waals surface area (Å²) in [6, 6.07) is 13.4. The number of nitrogens with zero attached hydrogens (tertiary/aromatic N) is 2. The molecule has 2 aromatic carbocycles. The fraction of sp³-hybridized carbons (Fsp3) is 0.278. The first kappa shape index (κ1) is 20.1. The number of hydrogen-bond donors (Lipinski definition) is 0. The van der Waals surface area contributed by atoms with Gasteiger partial charge in [0.1, 0.15) is 5.75 Å². The zero-order valence-electron chi connectivity index (χ0n) is 14.3. The number of sulfonamides is 1. The molecule has 1 heterocycles. The Labute approximate surface area is 171 Å². The van der Waals surface area contributed by atoms with Gasteiger partial charge in [0.15, 0.2) is 6.61 Å². The van der Waals surface area contributed by atoms with E-state index in [9.17, 15) is 13.2 Å². The summed E-state index contributed by atoms with van der Waals surface area (Å²) in [5.74, 6) is 0.382. The Morgan fingerprint density at radius 3 is 2.37 bits per heavy atom. The molecule has 3 rings (SSSR count). The average molecular weight is 474 g/mol. The minimum absolute atomic E-state index is 0.0972. The molecule has 0 N–H and O–H groups in total. The van der Waals surface area contributed by atoms with E-state index in [0.29, 0.717) is 28.3 Å². The van der Waals surface area contributed by atoms with Crippen molar-refractivity contribution in [1.82, 2.24) is 9.21 Å². The minimum Gasteiger partial charge on any atom is -0.484 e. The summed E-state index contributed by atoms with van der Waals surface area (Å²) in [5.41, 5.74) is 0. The zero-order chi connectivity index (χ0) is 19.4. The van der Waals surface area contributed by atoms with Gasteiger partial charge < -0.3 is 9.64 Å². The number of amides is 1. The van der Waals surface area contributed by atoms with Crippen LogP contribution >= 0.6 is 27.5 Å². The topological polar surface area (TPSA) is 66.9 Å². The first-order chi connectivity index (χ1) is 12.9. The first-order valence-corrected chi connectivity index (χ1v) is 10.9. The van der Waals surface area contributed by atoms with Crippen LogP contribution in [0.15, 0.2) is 57.9 Å². The number of halogens is 2. The lowest BCUT2D eigenvalue weighted by Gasteiger charge is -2.34. The van der Waals surface area contributed by atoms with Crippen molar-refractivity contribution in [2.45, 2.75) is 4.90 Å². The SMILES string of the molecule is O=C(COc1ccc(Cl)cc1)N1CCN(S(=O)(=O)c2cccc(Br)c2)CC1. The van der Waals surface area contributed by atoms with E-state index in [-0.39, 0.29) is 30.5 Å². The molecule has 2 aromatic rings. The molecule has 1 aliphatic rings. The number of benzene rings is 2. The lowest BCUT2D eigenvalue weighted by molar-refractivity contribution is -0.134. The Hall–Kier alpha value is -1.61. The van der Waals surface area contributed by atoms with E-state index in [1.54, 1.807) is 53.4 Å². The van der Waals surface area contributed by atoms with Crippen molar-refractivity contribution in [2.75, 3.05) is 32.8 Å². The van der Waals surface area contributed by atoms with Gasteiger partial charge in [-0.2, -0.15) is 4.31 Å². The molecule has 144 valence electrons. The molecule has 0 bridgehead atoms. The molecule has 1 saturated heterocycles. The second-order valence-electron chi connectivity index (χ2n) is 5.98. The van der Waals surface area contributed by atoms with Crippen LogP contribution in [-0.4, -0.2) is 56.3 Å². The summed E-state index contributed by atoms with van der Waals surface area (Å²) >= 11 is 9.10. The van der Waals surface area contributed by atoms with Crippen molar-refractivity contribution in [1.29, 1.82) is 0 Å². The van der Waals surface area contributed by atoms with E-state index in [1.807, 2.05) is 0 Å². The minimum atomic E-state index is -3.57. The lowest BCUT2D eigenvalue weighted by Crippen LogP contribution is -2.51. The molecule has 27 heavy (non-hydrogen) atoms. The van der Waals surface area contributed by atoms with Crippen LogP contribution < -0.4 is 4.74 Å². The maximum atomic E-state index is 12.7. The van der Waals surface area contributed by atoms with Gasteiger partial charge in [-0.15, -0.1) is 0 Å². The summed E-state index contributed by atoms with van der Waals surface area (Å²) in [6.07, 6.45) is 0. The Bertz CT molecular complexity index is 913. The van der Waals surface area contributed by atoms with E-state index < -0.39 is 10.0 Å². The Morgan fingerprint density at radius 1 is 1.07 bits per heavy atom. The molecule has 0 radical (unpaired) electrons. The Morgan fingerprint density at radius 2 is 1.74 bits per heavy atom. The highest BCUT2D eigenvalue weighted by atomic mass is 79.9. The van der Waals surface area contributed by atoms with Crippen molar-refractivity contribution in [2.24, 2.45) is 0 Å². The summed E-state index contributed by atoms with van der Waals surface area (Å²) < 4.78 is 33.0. The molecule has 0 saturated carbocycles. The number of carbonyl (C=O) groups excluding carboxylic acids is 1. The second kappa shape index (κ2) is 8.60. The van der Waals surface area contributed by atoms with Gasteiger partial charge in [-0.3, -0.25) is 4.79 Å². The van der Waals surface area contributed by atoms with E-state index in [2.05, 4.69) is 15.9 Å². The molecule has 0 aromatic heterocycles. The molecule has 1 fully saturated rings. The Kier molecular flexibility index (Phi) is 6.41. The maximum Gasteiger partial charge on any atom is 0.260 e. The third-order valence-electron chi connectivity index (χ3n) is 4.20. The van der Waals surface area contributed by atoms with E-state index in [1.165, 1.54) is 4.31 Å². The van der Waals surface area contributed by atoms with Crippen LogP contribution in [-0.2, 0) is 14.8 Å². The smallest absolute Gasteiger partial charge is 0.260 e. The summed E-state index contributed by atoms with van der Waals surface area (Å²) in [6.45, 7) is 1.06. The molecular formula is C18H18BrClN2O4S. The molecule has 6 nitrogen and oxygen atoms in total. The lowest BCUT2D eigenvalue weighted by atomic mass is 10.3. The molecule has 9 heteroatoms. The largest absolute Gasteiger partial charge is 0.484 e. The monoisotopic (exact) mass is 472 g/mol. The second-order valence-corrected chi connectivity index (χ2v) is 9.27. The van der Waals surface area contributed by atoms with Crippen LogP contribution in [0.2, 0.25) is 5.02 Å². The van der Waals surface area contributed by atoms with Gasteiger partial charge in [-0.05, 0) is 42.5 Å². The predicted octanol–water partition coefficient (Wildman–Crippen LogP) is 3.01. The van der Waals surface area contributed by atoms with Crippen molar-refractivity contribution in [3.8, 4) is 5.75 Å². The van der Waals surface area contributed by atoms with Crippen LogP contribution in [0, 0.1) is 0 Å². The van der Waals surface area contributed by atoms with Gasteiger partial charge in [0, 0.05) is 35.7 Å². The summed E-state index contributed by atoms with van der Waals surface area (Å²) in [7, 11) is -3.57. The third-order valence-corrected chi connectivity index (χ3v) is 6.84. The summed E-state index contributed by atoms with van der Waals surface area (Å²) in [4.78, 5) is 14.2. The van der Waals surface area contributed by atoms with Crippen LogP contribution in [0.4, 0.5) is 0 Å². The van der Waals surface area contributed by atoms with Gasteiger partial charge in [0.2, 0.25) is 10.0 Å². The number of carbonyl (C=O) groups is 1. The van der Waals surface area contributed by atoms with E-state index >= 15 is 0 Å². The van der Waals surface area contributed by atoms with E-state index in [0.717, 1.165) is 0 Å². The molecule has 1 aliphatic heterocycles. The highest BCUT2D eigenvalue weighted by Crippen LogP contribution is 2.21. The maximum absolute atomic E-state index is 12.7. The van der Waals surface area contributed by atoms with Crippen molar-refractivity contribution in [3.63, 3.8) is 0 Å². The summed E-state index contributed by atoms with van der Waals surface area (Å²) in [5, 5.41) is 0.594. The molecule has 0 aliphatic carbocycles. The molecule has 0 spiro atoms. The fourth-order valence-corrected chi connectivity index (χ4v) is 4.87. The Balaban J connectivity index is 1.55. The van der Waals surface area contributed by atoms with Gasteiger partial charge >= 0.3 is 0 Å². The van der Waals surface area contributed by atoms with Gasteiger partial charge in [-0.25, -0.2) is 8.42 Å². The first-order valence-electron chi connectivity index (χ1n) is 8.28. The molecule has 0 unspecified atom stereocenters. The molecular weight excluding hydrogens is 456 g/mol. The van der Waals surface area contributed by atoms with Crippen LogP contribution in [0.5, 0.6) is 5.75 Å². The number of ether oxygens (including phenoxy) is 1. The van der Waals surface area contributed by atoms with Crippen molar-refractivity contribution in [3.05, 3.63) is 58.0 Å². The van der Waals surface area contributed by atoms with Gasteiger partial charge in [0.25, 0.3) is 5.91 Å². The van der Waals surface area contributed by atoms with Crippen LogP contribution in [0.25, 0.3) is 0 Å². The van der Waals surface area contributed by atoms with Crippen LogP contribution in [0.1, 0.15) is 0 Å². The number of hydrogen-bond acceptors (Lipinski definition) is 4. The van der Waals surface area contributed by atoms with Crippen molar-refractivity contribution < 1.29 is 17.9 Å². The quantitative estimate of drug-likeness (QED) is 0.669. The average Bonchev–Trinajstić information content (AvgIpc) is 2.67. The highest BCUT2D eigenvalue weighted by molar-refractivity contribution is 9.10. The highest BCUT2D eigenvalue weighted by Gasteiger charge is 2.30. The van der Waals surface area contributed by atoms with E-state index in [4.69, 9.17) is 16.3 Å². The molecule has 1 amide bonds.